The SMILES string of the molecule is c1ccc(-c2nc(-c3ccccc3)nc(-c3c(-n4c5ccccc5c5cccc(-c6ccccc6)c54)ccc4sc5ccccc5c34)n2)cc1. The average Bonchev–Trinajstić information content (AvgIpc) is 3.74. The molecule has 10 rings (SSSR count). The van der Waals surface area contributed by atoms with Crippen LogP contribution in [0.5, 0.6) is 0 Å². The summed E-state index contributed by atoms with van der Waals surface area (Å²) in [6.45, 7) is 0. The van der Waals surface area contributed by atoms with E-state index in [-0.39, 0.29) is 0 Å². The molecular formula is C45H28N4S. The van der Waals surface area contributed by atoms with E-state index >= 15 is 0 Å². The lowest BCUT2D eigenvalue weighted by atomic mass is 10.0. The second-order valence-corrected chi connectivity index (χ2v) is 13.5. The molecule has 3 heterocycles. The second kappa shape index (κ2) is 11.6. The molecule has 4 nitrogen and oxygen atoms in total. The summed E-state index contributed by atoms with van der Waals surface area (Å²) in [7, 11) is 0. The van der Waals surface area contributed by atoms with E-state index in [1.165, 1.54) is 36.7 Å². The summed E-state index contributed by atoms with van der Waals surface area (Å²) in [5, 5.41) is 4.74. The molecule has 0 saturated carbocycles. The van der Waals surface area contributed by atoms with Gasteiger partial charge >= 0.3 is 0 Å². The number of hydrogen-bond acceptors (Lipinski definition) is 4. The molecule has 0 saturated heterocycles. The Kier molecular flexibility index (Phi) is 6.64. The van der Waals surface area contributed by atoms with Crippen LogP contribution in [0.25, 0.3) is 93.0 Å². The number of fused-ring (bicyclic) bond motifs is 6. The number of benzene rings is 7. The van der Waals surface area contributed by atoms with E-state index < -0.39 is 0 Å². The van der Waals surface area contributed by atoms with Crippen molar-refractivity contribution in [1.29, 1.82) is 0 Å². The summed E-state index contributed by atoms with van der Waals surface area (Å²) in [6, 6.07) is 59.6. The summed E-state index contributed by atoms with van der Waals surface area (Å²) in [6.07, 6.45) is 0. The van der Waals surface area contributed by atoms with E-state index in [0.29, 0.717) is 17.5 Å². The van der Waals surface area contributed by atoms with Gasteiger partial charge in [-0.25, -0.2) is 15.0 Å². The first-order chi connectivity index (χ1) is 24.8. The largest absolute Gasteiger partial charge is 0.308 e. The molecule has 0 aliphatic heterocycles. The molecule has 0 aliphatic carbocycles. The van der Waals surface area contributed by atoms with Gasteiger partial charge in [0.2, 0.25) is 0 Å². The van der Waals surface area contributed by atoms with Gasteiger partial charge in [0.15, 0.2) is 17.5 Å². The van der Waals surface area contributed by atoms with Gasteiger partial charge in [-0.15, -0.1) is 11.3 Å². The Balaban J connectivity index is 1.39. The Labute approximate surface area is 292 Å². The van der Waals surface area contributed by atoms with Gasteiger partial charge in [0.1, 0.15) is 0 Å². The van der Waals surface area contributed by atoms with Gasteiger partial charge in [-0.05, 0) is 29.8 Å². The van der Waals surface area contributed by atoms with Crippen molar-refractivity contribution in [2.45, 2.75) is 0 Å². The molecule has 0 aliphatic rings. The van der Waals surface area contributed by atoms with E-state index in [1.54, 1.807) is 11.3 Å². The maximum Gasteiger partial charge on any atom is 0.166 e. The summed E-state index contributed by atoms with van der Waals surface area (Å²) in [5.41, 5.74) is 8.53. The van der Waals surface area contributed by atoms with Gasteiger partial charge in [-0.2, -0.15) is 0 Å². The lowest BCUT2D eigenvalue weighted by Gasteiger charge is -2.17. The third-order valence-electron chi connectivity index (χ3n) is 9.46. The number of aromatic nitrogens is 4. The van der Waals surface area contributed by atoms with E-state index in [0.717, 1.165) is 38.8 Å². The van der Waals surface area contributed by atoms with Gasteiger partial charge in [0.25, 0.3) is 0 Å². The van der Waals surface area contributed by atoms with E-state index in [4.69, 9.17) is 15.0 Å². The number of nitrogens with zero attached hydrogens (tertiary/aromatic N) is 4. The molecule has 7 aromatic carbocycles. The van der Waals surface area contributed by atoms with Crippen LogP contribution < -0.4 is 0 Å². The lowest BCUT2D eigenvalue weighted by Crippen LogP contribution is -2.04. The summed E-state index contributed by atoms with van der Waals surface area (Å²) in [4.78, 5) is 15.7. The number of hydrogen-bond donors (Lipinski definition) is 0. The van der Waals surface area contributed by atoms with Crippen LogP contribution in [0.1, 0.15) is 0 Å². The monoisotopic (exact) mass is 656 g/mol. The van der Waals surface area contributed by atoms with Crippen molar-refractivity contribution in [3.8, 4) is 51.0 Å². The van der Waals surface area contributed by atoms with Crippen LogP contribution in [-0.4, -0.2) is 19.5 Å². The van der Waals surface area contributed by atoms with Crippen LogP contribution in [0, 0.1) is 0 Å². The molecule has 10 aromatic rings. The topological polar surface area (TPSA) is 43.6 Å². The first-order valence-corrected chi connectivity index (χ1v) is 17.5. The highest BCUT2D eigenvalue weighted by molar-refractivity contribution is 7.26. The fourth-order valence-electron chi connectivity index (χ4n) is 7.26. The highest BCUT2D eigenvalue weighted by Gasteiger charge is 2.24. The number of rotatable bonds is 5. The Morgan fingerprint density at radius 1 is 0.400 bits per heavy atom. The van der Waals surface area contributed by atoms with E-state index in [1.807, 2.05) is 36.4 Å². The molecule has 5 heteroatoms. The molecule has 50 heavy (non-hydrogen) atoms. The normalized spacial score (nSPS) is 11.6. The van der Waals surface area contributed by atoms with Crippen LogP contribution in [0.2, 0.25) is 0 Å². The molecule has 3 aromatic heterocycles. The average molecular weight is 657 g/mol. The maximum absolute atomic E-state index is 5.32. The zero-order valence-electron chi connectivity index (χ0n) is 26.9. The van der Waals surface area contributed by atoms with Crippen molar-refractivity contribution in [1.82, 2.24) is 19.5 Å². The third kappa shape index (κ3) is 4.55. The van der Waals surface area contributed by atoms with Crippen molar-refractivity contribution in [3.05, 3.63) is 170 Å². The molecule has 234 valence electrons. The summed E-state index contributed by atoms with van der Waals surface area (Å²) >= 11 is 1.80. The highest BCUT2D eigenvalue weighted by Crippen LogP contribution is 2.46. The Hall–Kier alpha value is -6.43. The summed E-state index contributed by atoms with van der Waals surface area (Å²) < 4.78 is 4.85. The van der Waals surface area contributed by atoms with Crippen molar-refractivity contribution in [3.63, 3.8) is 0 Å². The first-order valence-electron chi connectivity index (χ1n) is 16.7. The minimum absolute atomic E-state index is 0.643. The quantitative estimate of drug-likeness (QED) is 0.185. The lowest BCUT2D eigenvalue weighted by molar-refractivity contribution is 1.07. The first kappa shape index (κ1) is 28.6. The van der Waals surface area contributed by atoms with Gasteiger partial charge in [-0.1, -0.05) is 146 Å². The Bertz CT molecular complexity index is 2800. The van der Waals surface area contributed by atoms with Crippen molar-refractivity contribution < 1.29 is 0 Å². The Morgan fingerprint density at radius 3 is 1.66 bits per heavy atom. The molecule has 0 bridgehead atoms. The molecule has 0 fully saturated rings. The predicted octanol–water partition coefficient (Wildman–Crippen LogP) is 12.0. The molecule has 0 unspecified atom stereocenters. The van der Waals surface area contributed by atoms with Crippen LogP contribution in [-0.2, 0) is 0 Å². The maximum atomic E-state index is 5.32. The molecule has 0 spiro atoms. The van der Waals surface area contributed by atoms with Gasteiger partial charge < -0.3 is 4.57 Å². The minimum Gasteiger partial charge on any atom is -0.308 e. The van der Waals surface area contributed by atoms with Gasteiger partial charge in [0.05, 0.1) is 22.3 Å². The zero-order valence-corrected chi connectivity index (χ0v) is 27.7. The van der Waals surface area contributed by atoms with E-state index in [2.05, 4.69) is 138 Å². The van der Waals surface area contributed by atoms with Gasteiger partial charge in [-0.3, -0.25) is 0 Å². The minimum atomic E-state index is 0.643. The Morgan fingerprint density at radius 2 is 0.960 bits per heavy atom. The number of thiophene rings is 1. The van der Waals surface area contributed by atoms with Crippen LogP contribution in [0.3, 0.4) is 0 Å². The van der Waals surface area contributed by atoms with Crippen molar-refractivity contribution >= 4 is 53.3 Å². The second-order valence-electron chi connectivity index (χ2n) is 12.4. The summed E-state index contributed by atoms with van der Waals surface area (Å²) in [5.74, 6) is 1.93. The van der Waals surface area contributed by atoms with Crippen LogP contribution in [0.4, 0.5) is 0 Å². The van der Waals surface area contributed by atoms with Crippen LogP contribution in [0.15, 0.2) is 170 Å². The molecule has 0 N–H and O–H groups in total. The van der Waals surface area contributed by atoms with Crippen LogP contribution >= 0.6 is 11.3 Å². The molecule has 0 amide bonds. The molecular weight excluding hydrogens is 629 g/mol. The fraction of sp³-hybridized carbons (Fsp3) is 0. The molecule has 0 atom stereocenters. The van der Waals surface area contributed by atoms with Crippen molar-refractivity contribution in [2.24, 2.45) is 0 Å². The fourth-order valence-corrected chi connectivity index (χ4v) is 8.37. The predicted molar refractivity (Wildman–Crippen MR) is 209 cm³/mol. The van der Waals surface area contributed by atoms with Gasteiger partial charge in [0, 0.05) is 47.6 Å². The van der Waals surface area contributed by atoms with E-state index in [9.17, 15) is 0 Å². The standard InChI is InChI=1S/C45H28N4S/c1-4-15-29(16-5-1)32-23-14-24-34-33-21-10-12-25-36(33)49(42(32)34)37-27-28-39-40(35-22-11-13-26-38(35)50-39)41(37)45-47-43(30-17-6-2-7-18-30)46-44(48-45)31-19-8-3-9-20-31/h1-28H. The third-order valence-corrected chi connectivity index (χ3v) is 10.6. The smallest absolute Gasteiger partial charge is 0.166 e. The zero-order chi connectivity index (χ0) is 33.0. The molecule has 0 radical (unpaired) electrons. The highest BCUT2D eigenvalue weighted by atomic mass is 32.1. The number of para-hydroxylation sites is 2. The van der Waals surface area contributed by atoms with Crippen molar-refractivity contribution in [2.75, 3.05) is 0 Å².